The van der Waals surface area contributed by atoms with Crippen LogP contribution in [0, 0.1) is 17.3 Å². The van der Waals surface area contributed by atoms with Crippen molar-refractivity contribution in [2.45, 2.75) is 78.1 Å². The van der Waals surface area contributed by atoms with Gasteiger partial charge in [0.05, 0.1) is 0 Å². The van der Waals surface area contributed by atoms with Crippen LogP contribution in [0.15, 0.2) is 0 Å². The Bertz CT molecular complexity index is 446. The van der Waals surface area contributed by atoms with E-state index in [4.69, 9.17) is 0 Å². The summed E-state index contributed by atoms with van der Waals surface area (Å²) in [5.74, 6) is 1.84. The maximum Gasteiger partial charge on any atom is 0.223 e. The zero-order valence-electron chi connectivity index (χ0n) is 16.3. The summed E-state index contributed by atoms with van der Waals surface area (Å²) in [6, 6.07) is 0. The first-order chi connectivity index (χ1) is 12.0. The van der Waals surface area contributed by atoms with Crippen LogP contribution in [0.4, 0.5) is 0 Å². The van der Waals surface area contributed by atoms with E-state index >= 15 is 0 Å². The third kappa shape index (κ3) is 4.77. The molecule has 0 unspecified atom stereocenters. The van der Waals surface area contributed by atoms with Gasteiger partial charge < -0.3 is 9.80 Å². The second-order valence-corrected chi connectivity index (χ2v) is 9.23. The molecule has 2 atom stereocenters. The molecule has 4 heteroatoms. The minimum absolute atomic E-state index is 0.0600. The van der Waals surface area contributed by atoms with Gasteiger partial charge in [0.1, 0.15) is 0 Å². The summed E-state index contributed by atoms with van der Waals surface area (Å²) >= 11 is 0. The predicted molar refractivity (Wildman–Crippen MR) is 100 cm³/mol. The van der Waals surface area contributed by atoms with Gasteiger partial charge in [0, 0.05) is 39.0 Å². The zero-order chi connectivity index (χ0) is 17.9. The van der Waals surface area contributed by atoms with Crippen LogP contribution in [0.2, 0.25) is 0 Å². The molecule has 3 fully saturated rings. The molecule has 0 aromatic heterocycles. The molecule has 0 spiro atoms. The topological polar surface area (TPSA) is 40.6 Å². The van der Waals surface area contributed by atoms with Crippen molar-refractivity contribution in [2.75, 3.05) is 26.2 Å². The highest BCUT2D eigenvalue weighted by atomic mass is 16.2. The SMILES string of the molecule is C[C@@H]1CCCN(C(=O)CC2(CC(=O)N3CCC[C@H](C)C3)CCCC2)C1. The molecule has 2 heterocycles. The number of hydrogen-bond donors (Lipinski definition) is 0. The molecule has 142 valence electrons. The van der Waals surface area contributed by atoms with Crippen LogP contribution in [0.3, 0.4) is 0 Å². The average Bonchev–Trinajstić information content (AvgIpc) is 3.03. The van der Waals surface area contributed by atoms with E-state index in [1.807, 2.05) is 0 Å². The molecule has 25 heavy (non-hydrogen) atoms. The van der Waals surface area contributed by atoms with Gasteiger partial charge in [-0.3, -0.25) is 9.59 Å². The number of amides is 2. The Morgan fingerprint density at radius 3 is 1.64 bits per heavy atom. The molecule has 3 rings (SSSR count). The normalized spacial score (nSPS) is 29.7. The summed E-state index contributed by atoms with van der Waals surface area (Å²) in [6.07, 6.45) is 10.4. The Morgan fingerprint density at radius 2 is 1.24 bits per heavy atom. The van der Waals surface area contributed by atoms with E-state index < -0.39 is 0 Å². The molecule has 2 amide bonds. The van der Waals surface area contributed by atoms with Crippen molar-refractivity contribution in [2.24, 2.45) is 17.3 Å². The van der Waals surface area contributed by atoms with Gasteiger partial charge in [0.2, 0.25) is 11.8 Å². The highest BCUT2D eigenvalue weighted by Crippen LogP contribution is 2.45. The van der Waals surface area contributed by atoms with Gasteiger partial charge in [-0.15, -0.1) is 0 Å². The summed E-state index contributed by atoms with van der Waals surface area (Å²) in [5.41, 5.74) is -0.0600. The Balaban J connectivity index is 1.60. The van der Waals surface area contributed by atoms with Gasteiger partial charge in [-0.1, -0.05) is 26.7 Å². The fraction of sp³-hybridized carbons (Fsp3) is 0.905. The van der Waals surface area contributed by atoms with E-state index in [1.54, 1.807) is 0 Å². The maximum atomic E-state index is 12.9. The minimum atomic E-state index is -0.0600. The third-order valence-electron chi connectivity index (χ3n) is 6.74. The summed E-state index contributed by atoms with van der Waals surface area (Å²) in [7, 11) is 0. The van der Waals surface area contributed by atoms with Crippen molar-refractivity contribution in [3.8, 4) is 0 Å². The lowest BCUT2D eigenvalue weighted by atomic mass is 9.78. The molecule has 0 bridgehead atoms. The predicted octanol–water partition coefficient (Wildman–Crippen LogP) is 3.84. The number of nitrogens with zero attached hydrogens (tertiary/aromatic N) is 2. The van der Waals surface area contributed by atoms with Gasteiger partial charge >= 0.3 is 0 Å². The number of carbonyl (C=O) groups excluding carboxylic acids is 2. The lowest BCUT2D eigenvalue weighted by molar-refractivity contribution is -0.139. The van der Waals surface area contributed by atoms with Gasteiger partial charge in [0.15, 0.2) is 0 Å². The minimum Gasteiger partial charge on any atom is -0.342 e. The smallest absolute Gasteiger partial charge is 0.223 e. The van der Waals surface area contributed by atoms with E-state index in [2.05, 4.69) is 23.6 Å². The van der Waals surface area contributed by atoms with Crippen LogP contribution < -0.4 is 0 Å². The Morgan fingerprint density at radius 1 is 0.800 bits per heavy atom. The second kappa shape index (κ2) is 8.09. The average molecular weight is 349 g/mol. The largest absolute Gasteiger partial charge is 0.342 e. The van der Waals surface area contributed by atoms with Crippen molar-refractivity contribution < 1.29 is 9.59 Å². The van der Waals surface area contributed by atoms with E-state index in [-0.39, 0.29) is 5.41 Å². The fourth-order valence-electron chi connectivity index (χ4n) is 5.24. The molecule has 1 saturated carbocycles. The highest BCUT2D eigenvalue weighted by molar-refractivity contribution is 5.80. The molecular weight excluding hydrogens is 312 g/mol. The standard InChI is InChI=1S/C21H36N2O2/c1-17-7-5-11-22(15-17)19(24)13-21(9-3-4-10-21)14-20(25)23-12-6-8-18(2)16-23/h17-18H,3-16H2,1-2H3/t17-,18+. The molecule has 0 aromatic carbocycles. The van der Waals surface area contributed by atoms with Gasteiger partial charge in [-0.05, 0) is 55.8 Å². The summed E-state index contributed by atoms with van der Waals surface area (Å²) in [4.78, 5) is 30.0. The monoisotopic (exact) mass is 348 g/mol. The molecule has 0 N–H and O–H groups in total. The molecule has 2 aliphatic heterocycles. The maximum absolute atomic E-state index is 12.9. The Hall–Kier alpha value is -1.06. The fourth-order valence-corrected chi connectivity index (χ4v) is 5.24. The van der Waals surface area contributed by atoms with Gasteiger partial charge in [0.25, 0.3) is 0 Å². The number of likely N-dealkylation sites (tertiary alicyclic amines) is 2. The van der Waals surface area contributed by atoms with Crippen molar-refractivity contribution in [3.63, 3.8) is 0 Å². The van der Waals surface area contributed by atoms with Crippen molar-refractivity contribution in [1.82, 2.24) is 9.80 Å². The number of piperidine rings is 2. The van der Waals surface area contributed by atoms with Crippen LogP contribution >= 0.6 is 0 Å². The van der Waals surface area contributed by atoms with Crippen LogP contribution in [0.5, 0.6) is 0 Å². The number of hydrogen-bond acceptors (Lipinski definition) is 2. The summed E-state index contributed by atoms with van der Waals surface area (Å²) in [6.45, 7) is 8.13. The quantitative estimate of drug-likeness (QED) is 0.774. The van der Waals surface area contributed by atoms with Gasteiger partial charge in [-0.2, -0.15) is 0 Å². The highest BCUT2D eigenvalue weighted by Gasteiger charge is 2.40. The third-order valence-corrected chi connectivity index (χ3v) is 6.74. The molecular formula is C21H36N2O2. The van der Waals surface area contributed by atoms with Gasteiger partial charge in [-0.25, -0.2) is 0 Å². The first-order valence-corrected chi connectivity index (χ1v) is 10.5. The van der Waals surface area contributed by atoms with Crippen LogP contribution in [-0.2, 0) is 9.59 Å². The zero-order valence-corrected chi connectivity index (χ0v) is 16.3. The lowest BCUT2D eigenvalue weighted by Crippen LogP contribution is -2.44. The number of rotatable bonds is 4. The molecule has 1 aliphatic carbocycles. The molecule has 3 aliphatic rings. The Labute approximate surface area is 153 Å². The Kier molecular flexibility index (Phi) is 6.06. The lowest BCUT2D eigenvalue weighted by Gasteiger charge is -2.37. The van der Waals surface area contributed by atoms with E-state index in [0.717, 1.165) is 51.9 Å². The second-order valence-electron chi connectivity index (χ2n) is 9.23. The van der Waals surface area contributed by atoms with E-state index in [9.17, 15) is 9.59 Å². The van der Waals surface area contributed by atoms with E-state index in [0.29, 0.717) is 36.5 Å². The van der Waals surface area contributed by atoms with Crippen molar-refractivity contribution >= 4 is 11.8 Å². The van der Waals surface area contributed by atoms with Crippen LogP contribution in [0.25, 0.3) is 0 Å². The van der Waals surface area contributed by atoms with Crippen molar-refractivity contribution in [1.29, 1.82) is 0 Å². The number of carbonyl (C=O) groups is 2. The van der Waals surface area contributed by atoms with E-state index in [1.165, 1.54) is 25.7 Å². The van der Waals surface area contributed by atoms with Crippen LogP contribution in [0.1, 0.15) is 78.1 Å². The molecule has 0 radical (unpaired) electrons. The molecule has 2 saturated heterocycles. The first-order valence-electron chi connectivity index (χ1n) is 10.5. The molecule has 4 nitrogen and oxygen atoms in total. The van der Waals surface area contributed by atoms with Crippen LogP contribution in [-0.4, -0.2) is 47.8 Å². The van der Waals surface area contributed by atoms with Crippen molar-refractivity contribution in [3.05, 3.63) is 0 Å². The first kappa shape index (κ1) is 18.7. The summed E-state index contributed by atoms with van der Waals surface area (Å²) < 4.78 is 0. The molecule has 0 aromatic rings. The summed E-state index contributed by atoms with van der Waals surface area (Å²) in [5, 5.41) is 0.